The quantitative estimate of drug-likeness (QED) is 0.521. The normalized spacial score (nSPS) is 11.1. The van der Waals surface area contributed by atoms with Crippen molar-refractivity contribution < 1.29 is 22.8 Å². The second-order valence-corrected chi connectivity index (χ2v) is 8.74. The van der Waals surface area contributed by atoms with Crippen molar-refractivity contribution in [2.24, 2.45) is 5.14 Å². The van der Waals surface area contributed by atoms with Gasteiger partial charge in [0.1, 0.15) is 0 Å². The summed E-state index contributed by atoms with van der Waals surface area (Å²) in [5.74, 6) is -1.29. The van der Waals surface area contributed by atoms with E-state index < -0.39 is 21.8 Å². The Morgan fingerprint density at radius 3 is 2.32 bits per heavy atom. The van der Waals surface area contributed by atoms with E-state index in [0.29, 0.717) is 0 Å². The Hall–Kier alpha value is -2.76. The third-order valence-corrected chi connectivity index (χ3v) is 5.33. The van der Waals surface area contributed by atoms with Crippen molar-refractivity contribution >= 4 is 44.8 Å². The van der Waals surface area contributed by atoms with Gasteiger partial charge in [0.25, 0.3) is 11.8 Å². The zero-order valence-corrected chi connectivity index (χ0v) is 16.8. The van der Waals surface area contributed by atoms with Crippen molar-refractivity contribution in [3.05, 3.63) is 46.2 Å². The molecule has 0 fully saturated rings. The summed E-state index contributed by atoms with van der Waals surface area (Å²) in [5, 5.41) is 12.7. The van der Waals surface area contributed by atoms with Gasteiger partial charge in [-0.1, -0.05) is 6.07 Å². The number of carbonyl (C=O) groups is 3. The Kier molecular flexibility index (Phi) is 6.89. The number of sulfonamides is 1. The van der Waals surface area contributed by atoms with Crippen molar-refractivity contribution in [1.29, 1.82) is 0 Å². The lowest BCUT2D eigenvalue weighted by atomic mass is 10.3. The maximum absolute atomic E-state index is 12.3. The highest BCUT2D eigenvalue weighted by Crippen LogP contribution is 2.20. The van der Waals surface area contributed by atoms with Crippen LogP contribution in [0.2, 0.25) is 0 Å². The standard InChI is InChI=1S/C17H20N4O5S2/c1-10(2)20-15(22)9-19-16(23)13-6-7-14(27-13)17(24)21-11-4-3-5-12(8-11)28(18,25)26/h3-8,10H,9H2,1-2H3,(H,19,23)(H,20,22)(H,21,24)(H2,18,25,26). The number of primary sulfonamides is 1. The highest BCUT2D eigenvalue weighted by atomic mass is 32.2. The fourth-order valence-electron chi connectivity index (χ4n) is 2.15. The minimum atomic E-state index is -3.89. The van der Waals surface area contributed by atoms with Gasteiger partial charge < -0.3 is 16.0 Å². The number of rotatable bonds is 7. The van der Waals surface area contributed by atoms with Gasteiger partial charge >= 0.3 is 0 Å². The molecule has 0 aliphatic heterocycles. The summed E-state index contributed by atoms with van der Waals surface area (Å²) in [4.78, 5) is 36.4. The minimum Gasteiger partial charge on any atom is -0.352 e. The predicted molar refractivity (Wildman–Crippen MR) is 106 cm³/mol. The van der Waals surface area contributed by atoms with E-state index in [2.05, 4.69) is 16.0 Å². The minimum absolute atomic E-state index is 0.0331. The molecule has 28 heavy (non-hydrogen) atoms. The van der Waals surface area contributed by atoms with Crippen molar-refractivity contribution in [2.45, 2.75) is 24.8 Å². The SMILES string of the molecule is CC(C)NC(=O)CNC(=O)c1ccc(C(=O)Nc2cccc(S(N)(=O)=O)c2)s1. The molecule has 0 unspecified atom stereocenters. The molecule has 0 bridgehead atoms. The van der Waals surface area contributed by atoms with E-state index in [1.165, 1.54) is 36.4 Å². The number of thiophene rings is 1. The Morgan fingerprint density at radius 1 is 1.07 bits per heavy atom. The highest BCUT2D eigenvalue weighted by Gasteiger charge is 2.16. The van der Waals surface area contributed by atoms with Crippen LogP contribution in [-0.4, -0.2) is 38.7 Å². The topological polar surface area (TPSA) is 147 Å². The van der Waals surface area contributed by atoms with Gasteiger partial charge in [0.05, 0.1) is 21.2 Å². The number of hydrogen-bond donors (Lipinski definition) is 4. The van der Waals surface area contributed by atoms with E-state index in [-0.39, 0.29) is 38.8 Å². The van der Waals surface area contributed by atoms with Crippen LogP contribution in [0.5, 0.6) is 0 Å². The van der Waals surface area contributed by atoms with Gasteiger partial charge in [-0.3, -0.25) is 14.4 Å². The molecule has 2 rings (SSSR count). The van der Waals surface area contributed by atoms with Gasteiger partial charge in [0, 0.05) is 11.7 Å². The van der Waals surface area contributed by atoms with Crippen LogP contribution in [0.4, 0.5) is 5.69 Å². The van der Waals surface area contributed by atoms with Crippen molar-refractivity contribution in [3.63, 3.8) is 0 Å². The lowest BCUT2D eigenvalue weighted by Gasteiger charge is -2.08. The zero-order chi connectivity index (χ0) is 20.9. The molecule has 2 aromatic rings. The van der Waals surface area contributed by atoms with Gasteiger partial charge in [0.2, 0.25) is 15.9 Å². The molecule has 1 aromatic carbocycles. The number of carbonyl (C=O) groups excluding carboxylic acids is 3. The third kappa shape index (κ3) is 6.15. The molecule has 0 radical (unpaired) electrons. The van der Waals surface area contributed by atoms with E-state index in [1.54, 1.807) is 0 Å². The van der Waals surface area contributed by atoms with E-state index in [4.69, 9.17) is 5.14 Å². The molecule has 11 heteroatoms. The highest BCUT2D eigenvalue weighted by molar-refractivity contribution is 7.89. The van der Waals surface area contributed by atoms with Crippen molar-refractivity contribution in [3.8, 4) is 0 Å². The number of benzene rings is 1. The van der Waals surface area contributed by atoms with Gasteiger partial charge in [0.15, 0.2) is 0 Å². The molecule has 0 saturated carbocycles. The molecule has 1 heterocycles. The molecule has 0 spiro atoms. The molecule has 150 valence electrons. The first-order valence-corrected chi connectivity index (χ1v) is 10.5. The van der Waals surface area contributed by atoms with E-state index >= 15 is 0 Å². The Morgan fingerprint density at radius 2 is 1.71 bits per heavy atom. The summed E-state index contributed by atoms with van der Waals surface area (Å²) < 4.78 is 22.8. The number of nitrogens with two attached hydrogens (primary N) is 1. The fraction of sp³-hybridized carbons (Fsp3) is 0.235. The predicted octanol–water partition coefficient (Wildman–Crippen LogP) is 0.902. The van der Waals surface area contributed by atoms with Crippen LogP contribution in [0.15, 0.2) is 41.3 Å². The zero-order valence-electron chi connectivity index (χ0n) is 15.2. The summed E-state index contributed by atoms with van der Waals surface area (Å²) in [6.07, 6.45) is 0. The van der Waals surface area contributed by atoms with Gasteiger partial charge in [-0.15, -0.1) is 11.3 Å². The molecule has 0 atom stereocenters. The molecule has 9 nitrogen and oxygen atoms in total. The van der Waals surface area contributed by atoms with Crippen molar-refractivity contribution in [1.82, 2.24) is 10.6 Å². The number of hydrogen-bond acceptors (Lipinski definition) is 6. The average Bonchev–Trinajstić information content (AvgIpc) is 3.09. The van der Waals surface area contributed by atoms with Crippen LogP contribution in [0.1, 0.15) is 33.2 Å². The second-order valence-electron chi connectivity index (χ2n) is 6.10. The Labute approximate surface area is 166 Å². The smallest absolute Gasteiger partial charge is 0.265 e. The summed E-state index contributed by atoms with van der Waals surface area (Å²) in [6.45, 7) is 3.45. The molecule has 3 amide bonds. The molecule has 0 aliphatic rings. The van der Waals surface area contributed by atoms with Crippen LogP contribution in [0.25, 0.3) is 0 Å². The molecule has 0 saturated heterocycles. The summed E-state index contributed by atoms with van der Waals surface area (Å²) >= 11 is 0.945. The van der Waals surface area contributed by atoms with E-state index in [0.717, 1.165) is 11.3 Å². The monoisotopic (exact) mass is 424 g/mol. The summed E-state index contributed by atoms with van der Waals surface area (Å²) in [6, 6.07) is 8.42. The van der Waals surface area contributed by atoms with Crippen LogP contribution >= 0.6 is 11.3 Å². The number of anilines is 1. The molecular weight excluding hydrogens is 404 g/mol. The summed E-state index contributed by atoms with van der Waals surface area (Å²) in [5.41, 5.74) is 0.251. The molecule has 0 aliphatic carbocycles. The first kappa shape index (κ1) is 21.5. The van der Waals surface area contributed by atoms with E-state index in [1.807, 2.05) is 13.8 Å². The lowest BCUT2D eigenvalue weighted by Crippen LogP contribution is -2.39. The van der Waals surface area contributed by atoms with Crippen LogP contribution in [0.3, 0.4) is 0 Å². The van der Waals surface area contributed by atoms with Gasteiger partial charge in [-0.25, -0.2) is 13.6 Å². The average molecular weight is 425 g/mol. The third-order valence-electron chi connectivity index (χ3n) is 3.33. The van der Waals surface area contributed by atoms with Crippen molar-refractivity contribution in [2.75, 3.05) is 11.9 Å². The van der Waals surface area contributed by atoms with Gasteiger partial charge in [-0.05, 0) is 44.2 Å². The van der Waals surface area contributed by atoms with Crippen LogP contribution in [0, 0.1) is 0 Å². The molecular formula is C17H20N4O5S2. The first-order chi connectivity index (χ1) is 13.1. The second kappa shape index (κ2) is 8.95. The Bertz CT molecular complexity index is 998. The maximum Gasteiger partial charge on any atom is 0.265 e. The molecule has 1 aromatic heterocycles. The van der Waals surface area contributed by atoms with E-state index in [9.17, 15) is 22.8 Å². The largest absolute Gasteiger partial charge is 0.352 e. The molecule has 5 N–H and O–H groups in total. The number of nitrogens with one attached hydrogen (secondary N) is 3. The first-order valence-electron chi connectivity index (χ1n) is 8.18. The lowest BCUT2D eigenvalue weighted by molar-refractivity contribution is -0.120. The fourth-order valence-corrected chi connectivity index (χ4v) is 3.52. The maximum atomic E-state index is 12.3. The van der Waals surface area contributed by atoms with Crippen LogP contribution in [-0.2, 0) is 14.8 Å². The summed E-state index contributed by atoms with van der Waals surface area (Å²) in [7, 11) is -3.89. The number of amides is 3. The van der Waals surface area contributed by atoms with Crippen LogP contribution < -0.4 is 21.1 Å². The van der Waals surface area contributed by atoms with Gasteiger partial charge in [-0.2, -0.15) is 0 Å². The Balaban J connectivity index is 2.00.